The van der Waals surface area contributed by atoms with Gasteiger partial charge in [0.05, 0.1) is 6.61 Å². The van der Waals surface area contributed by atoms with Crippen LogP contribution in [0.3, 0.4) is 0 Å². The van der Waals surface area contributed by atoms with Gasteiger partial charge in [0.2, 0.25) is 0 Å². The standard InChI is InChI=1S/C17H26N2O2/c1-3-21-13-16-9-5-4-8-15(16)11-18-17(20)19-10-6-7-14(2)12-19/h4-5,8-9,14H,3,6-7,10-13H2,1-2H3,(H,18,20). The quantitative estimate of drug-likeness (QED) is 0.905. The molecule has 1 heterocycles. The van der Waals surface area contributed by atoms with Gasteiger partial charge >= 0.3 is 6.03 Å². The molecule has 116 valence electrons. The molecular weight excluding hydrogens is 264 g/mol. The van der Waals surface area contributed by atoms with Crippen LogP contribution < -0.4 is 5.32 Å². The number of carbonyl (C=O) groups is 1. The first-order chi connectivity index (χ1) is 10.2. The van der Waals surface area contributed by atoms with E-state index in [2.05, 4.69) is 18.3 Å². The lowest BCUT2D eigenvalue weighted by molar-refractivity contribution is 0.133. The van der Waals surface area contributed by atoms with Gasteiger partial charge in [0.1, 0.15) is 0 Å². The molecule has 1 atom stereocenters. The van der Waals surface area contributed by atoms with Crippen LogP contribution in [0.1, 0.15) is 37.8 Å². The molecule has 4 heteroatoms. The van der Waals surface area contributed by atoms with Crippen LogP contribution in [0, 0.1) is 5.92 Å². The molecule has 1 saturated heterocycles. The molecule has 1 unspecified atom stereocenters. The number of nitrogens with one attached hydrogen (secondary N) is 1. The van der Waals surface area contributed by atoms with Gasteiger partial charge in [-0.1, -0.05) is 31.2 Å². The van der Waals surface area contributed by atoms with Gasteiger partial charge in [-0.05, 0) is 36.8 Å². The summed E-state index contributed by atoms with van der Waals surface area (Å²) in [6, 6.07) is 8.16. The molecule has 1 aromatic rings. The van der Waals surface area contributed by atoms with Gasteiger partial charge < -0.3 is 15.0 Å². The van der Waals surface area contributed by atoms with Crippen LogP contribution in [0.15, 0.2) is 24.3 Å². The maximum atomic E-state index is 12.2. The Morgan fingerprint density at radius 2 is 2.14 bits per heavy atom. The highest BCUT2D eigenvalue weighted by Gasteiger charge is 2.20. The van der Waals surface area contributed by atoms with Crippen LogP contribution in [0.5, 0.6) is 0 Å². The number of hydrogen-bond donors (Lipinski definition) is 1. The Bertz CT molecular complexity index is 462. The molecule has 0 saturated carbocycles. The van der Waals surface area contributed by atoms with E-state index in [0.29, 0.717) is 25.7 Å². The highest BCUT2D eigenvalue weighted by Crippen LogP contribution is 2.16. The maximum Gasteiger partial charge on any atom is 0.317 e. The summed E-state index contributed by atoms with van der Waals surface area (Å²) in [4.78, 5) is 14.2. The monoisotopic (exact) mass is 290 g/mol. The van der Waals surface area contributed by atoms with Crippen molar-refractivity contribution in [3.8, 4) is 0 Å². The van der Waals surface area contributed by atoms with E-state index in [4.69, 9.17) is 4.74 Å². The second-order valence-corrected chi connectivity index (χ2v) is 5.76. The number of piperidine rings is 1. The van der Waals surface area contributed by atoms with Crippen LogP contribution in [-0.2, 0) is 17.9 Å². The summed E-state index contributed by atoms with van der Waals surface area (Å²) in [7, 11) is 0. The van der Waals surface area contributed by atoms with E-state index in [1.54, 1.807) is 0 Å². The number of carbonyl (C=O) groups excluding carboxylic acids is 1. The molecule has 4 nitrogen and oxygen atoms in total. The van der Waals surface area contributed by atoms with Crippen LogP contribution >= 0.6 is 0 Å². The first kappa shape index (κ1) is 15.8. The van der Waals surface area contributed by atoms with E-state index in [0.717, 1.165) is 30.6 Å². The molecule has 0 bridgehead atoms. The zero-order valence-electron chi connectivity index (χ0n) is 13.1. The highest BCUT2D eigenvalue weighted by atomic mass is 16.5. The van der Waals surface area contributed by atoms with Gasteiger partial charge in [0, 0.05) is 26.2 Å². The third kappa shape index (κ3) is 4.74. The maximum absolute atomic E-state index is 12.2. The number of hydrogen-bond acceptors (Lipinski definition) is 2. The third-order valence-electron chi connectivity index (χ3n) is 3.95. The summed E-state index contributed by atoms with van der Waals surface area (Å²) in [5.41, 5.74) is 2.27. The average Bonchev–Trinajstić information content (AvgIpc) is 2.51. The largest absolute Gasteiger partial charge is 0.377 e. The second-order valence-electron chi connectivity index (χ2n) is 5.76. The second kappa shape index (κ2) is 8.03. The van der Waals surface area contributed by atoms with Crippen molar-refractivity contribution in [2.75, 3.05) is 19.7 Å². The Kier molecular flexibility index (Phi) is 6.05. The zero-order valence-corrected chi connectivity index (χ0v) is 13.1. The molecule has 0 aliphatic carbocycles. The van der Waals surface area contributed by atoms with E-state index < -0.39 is 0 Å². The Balaban J connectivity index is 1.88. The molecule has 1 fully saturated rings. The van der Waals surface area contributed by atoms with Crippen molar-refractivity contribution in [2.45, 2.75) is 39.8 Å². The minimum absolute atomic E-state index is 0.0489. The predicted molar refractivity (Wildman–Crippen MR) is 84.0 cm³/mol. The van der Waals surface area contributed by atoms with Crippen molar-refractivity contribution >= 4 is 6.03 Å². The SMILES string of the molecule is CCOCc1ccccc1CNC(=O)N1CCCC(C)C1. The van der Waals surface area contributed by atoms with Crippen LogP contribution in [0.25, 0.3) is 0 Å². The highest BCUT2D eigenvalue weighted by molar-refractivity contribution is 5.74. The fourth-order valence-corrected chi connectivity index (χ4v) is 2.74. The average molecular weight is 290 g/mol. The molecule has 0 aromatic heterocycles. The van der Waals surface area contributed by atoms with E-state index >= 15 is 0 Å². The molecule has 2 rings (SSSR count). The van der Waals surface area contributed by atoms with E-state index in [1.165, 1.54) is 6.42 Å². The number of urea groups is 1. The Hall–Kier alpha value is -1.55. The minimum atomic E-state index is 0.0489. The summed E-state index contributed by atoms with van der Waals surface area (Å²) in [5, 5.41) is 3.04. The summed E-state index contributed by atoms with van der Waals surface area (Å²) >= 11 is 0. The van der Waals surface area contributed by atoms with Crippen molar-refractivity contribution < 1.29 is 9.53 Å². The summed E-state index contributed by atoms with van der Waals surface area (Å²) in [6.07, 6.45) is 2.33. The van der Waals surface area contributed by atoms with Crippen molar-refractivity contribution in [1.29, 1.82) is 0 Å². The number of likely N-dealkylation sites (tertiary alicyclic amines) is 1. The fraction of sp³-hybridized carbons (Fsp3) is 0.588. The van der Waals surface area contributed by atoms with Gasteiger partial charge in [-0.3, -0.25) is 0 Å². The Morgan fingerprint density at radius 3 is 2.86 bits per heavy atom. The molecule has 1 aliphatic rings. The van der Waals surface area contributed by atoms with Crippen LogP contribution in [0.4, 0.5) is 4.79 Å². The lowest BCUT2D eigenvalue weighted by Gasteiger charge is -2.31. The van der Waals surface area contributed by atoms with Gasteiger partial charge in [-0.15, -0.1) is 0 Å². The summed E-state index contributed by atoms with van der Waals surface area (Å²) < 4.78 is 5.47. The van der Waals surface area contributed by atoms with Crippen molar-refractivity contribution in [1.82, 2.24) is 10.2 Å². The lowest BCUT2D eigenvalue weighted by Crippen LogP contribution is -2.44. The molecule has 2 amide bonds. The van der Waals surface area contributed by atoms with Gasteiger partial charge in [-0.2, -0.15) is 0 Å². The van der Waals surface area contributed by atoms with Crippen LogP contribution in [0.2, 0.25) is 0 Å². The normalized spacial score (nSPS) is 18.6. The summed E-state index contributed by atoms with van der Waals surface area (Å²) in [5.74, 6) is 0.606. The smallest absolute Gasteiger partial charge is 0.317 e. The molecular formula is C17H26N2O2. The third-order valence-corrected chi connectivity index (χ3v) is 3.95. The molecule has 1 N–H and O–H groups in total. The number of rotatable bonds is 5. The van der Waals surface area contributed by atoms with Crippen molar-refractivity contribution in [3.05, 3.63) is 35.4 Å². The van der Waals surface area contributed by atoms with Crippen molar-refractivity contribution in [3.63, 3.8) is 0 Å². The topological polar surface area (TPSA) is 41.6 Å². The minimum Gasteiger partial charge on any atom is -0.377 e. The lowest BCUT2D eigenvalue weighted by atomic mass is 10.0. The van der Waals surface area contributed by atoms with Gasteiger partial charge in [0.15, 0.2) is 0 Å². The van der Waals surface area contributed by atoms with Gasteiger partial charge in [0.25, 0.3) is 0 Å². The molecule has 1 aliphatic heterocycles. The molecule has 0 spiro atoms. The van der Waals surface area contributed by atoms with E-state index in [1.807, 2.05) is 30.0 Å². The number of ether oxygens (including phenoxy) is 1. The predicted octanol–water partition coefficient (Wildman–Crippen LogP) is 3.16. The number of nitrogens with zero attached hydrogens (tertiary/aromatic N) is 1. The zero-order chi connectivity index (χ0) is 15.1. The Morgan fingerprint density at radius 1 is 1.38 bits per heavy atom. The fourth-order valence-electron chi connectivity index (χ4n) is 2.74. The van der Waals surface area contributed by atoms with E-state index in [-0.39, 0.29) is 6.03 Å². The van der Waals surface area contributed by atoms with Gasteiger partial charge in [-0.25, -0.2) is 4.79 Å². The van der Waals surface area contributed by atoms with Crippen LogP contribution in [-0.4, -0.2) is 30.6 Å². The number of amides is 2. The van der Waals surface area contributed by atoms with E-state index in [9.17, 15) is 4.79 Å². The van der Waals surface area contributed by atoms with Crippen molar-refractivity contribution in [2.24, 2.45) is 5.92 Å². The first-order valence-electron chi connectivity index (χ1n) is 7.88. The Labute approximate surface area is 127 Å². The molecule has 1 aromatic carbocycles. The molecule has 21 heavy (non-hydrogen) atoms. The first-order valence-corrected chi connectivity index (χ1v) is 7.88. The summed E-state index contributed by atoms with van der Waals surface area (Å²) in [6.45, 7) is 7.80. The number of benzene rings is 1. The molecule has 0 radical (unpaired) electrons.